The molecule has 5 rings (SSSR count). The fourth-order valence-electron chi connectivity index (χ4n) is 4.86. The first kappa shape index (κ1) is 21.9. The van der Waals surface area contributed by atoms with Gasteiger partial charge in [-0.2, -0.15) is 0 Å². The number of nitrogens with one attached hydrogen (secondary N) is 1. The summed E-state index contributed by atoms with van der Waals surface area (Å²) in [7, 11) is 0. The summed E-state index contributed by atoms with van der Waals surface area (Å²) in [5.74, 6) is 0.789. The number of ether oxygens (including phenoxy) is 1. The number of carbonyl (C=O) groups is 1. The van der Waals surface area contributed by atoms with E-state index in [2.05, 4.69) is 40.8 Å². The SMILES string of the molecule is Cc1cc2nc(N3CCC(C(=O)NC4CCOC4)CC3)n(-c3ccc(F)c(C)c3)c2cc1C. The first-order valence-electron chi connectivity index (χ1n) is 11.8. The average molecular weight is 451 g/mol. The Balaban J connectivity index is 1.44. The van der Waals surface area contributed by atoms with Crippen LogP contribution in [-0.4, -0.2) is 47.8 Å². The van der Waals surface area contributed by atoms with Gasteiger partial charge in [-0.15, -0.1) is 0 Å². The summed E-state index contributed by atoms with van der Waals surface area (Å²) >= 11 is 0. The number of fused-ring (bicyclic) bond motifs is 1. The monoisotopic (exact) mass is 450 g/mol. The molecule has 2 fully saturated rings. The van der Waals surface area contributed by atoms with E-state index < -0.39 is 0 Å². The Morgan fingerprint density at radius 2 is 1.82 bits per heavy atom. The summed E-state index contributed by atoms with van der Waals surface area (Å²) < 4.78 is 21.5. The van der Waals surface area contributed by atoms with Crippen LogP contribution in [0.5, 0.6) is 0 Å². The Morgan fingerprint density at radius 1 is 1.06 bits per heavy atom. The van der Waals surface area contributed by atoms with E-state index in [0.717, 1.165) is 61.6 Å². The average Bonchev–Trinajstić information content (AvgIpc) is 3.44. The molecule has 0 aliphatic carbocycles. The van der Waals surface area contributed by atoms with E-state index in [1.165, 1.54) is 17.2 Å². The second kappa shape index (κ2) is 8.78. The number of amides is 1. The number of hydrogen-bond donors (Lipinski definition) is 1. The third kappa shape index (κ3) is 4.22. The van der Waals surface area contributed by atoms with Gasteiger partial charge in [0.2, 0.25) is 11.9 Å². The van der Waals surface area contributed by atoms with Gasteiger partial charge in [0.25, 0.3) is 0 Å². The van der Waals surface area contributed by atoms with E-state index in [4.69, 9.17) is 9.72 Å². The van der Waals surface area contributed by atoms with Crippen LogP contribution >= 0.6 is 0 Å². The van der Waals surface area contributed by atoms with Crippen molar-refractivity contribution >= 4 is 22.9 Å². The Hall–Kier alpha value is -2.93. The van der Waals surface area contributed by atoms with Crippen LogP contribution in [0.1, 0.15) is 36.0 Å². The molecule has 7 heteroatoms. The van der Waals surface area contributed by atoms with Gasteiger partial charge in [-0.25, -0.2) is 9.37 Å². The minimum Gasteiger partial charge on any atom is -0.379 e. The molecule has 2 saturated heterocycles. The molecule has 2 aromatic carbocycles. The zero-order valence-electron chi connectivity index (χ0n) is 19.5. The molecular formula is C26H31FN4O2. The molecule has 1 atom stereocenters. The highest BCUT2D eigenvalue weighted by Gasteiger charge is 2.30. The second-order valence-electron chi connectivity index (χ2n) is 9.44. The molecule has 174 valence electrons. The van der Waals surface area contributed by atoms with Crippen LogP contribution in [0.4, 0.5) is 10.3 Å². The molecule has 33 heavy (non-hydrogen) atoms. The maximum Gasteiger partial charge on any atom is 0.223 e. The van der Waals surface area contributed by atoms with Gasteiger partial charge in [-0.1, -0.05) is 0 Å². The van der Waals surface area contributed by atoms with Crippen LogP contribution in [-0.2, 0) is 9.53 Å². The van der Waals surface area contributed by atoms with Crippen molar-refractivity contribution in [2.45, 2.75) is 46.1 Å². The predicted octanol–water partition coefficient (Wildman–Crippen LogP) is 4.21. The van der Waals surface area contributed by atoms with Crippen molar-refractivity contribution in [3.05, 3.63) is 52.8 Å². The molecule has 0 spiro atoms. The molecule has 0 radical (unpaired) electrons. The summed E-state index contributed by atoms with van der Waals surface area (Å²) in [5, 5.41) is 3.15. The number of piperidine rings is 1. The van der Waals surface area contributed by atoms with Crippen molar-refractivity contribution in [1.82, 2.24) is 14.9 Å². The van der Waals surface area contributed by atoms with Crippen LogP contribution in [0.2, 0.25) is 0 Å². The molecule has 3 heterocycles. The van der Waals surface area contributed by atoms with Crippen molar-refractivity contribution in [3.63, 3.8) is 0 Å². The molecular weight excluding hydrogens is 419 g/mol. The van der Waals surface area contributed by atoms with Gasteiger partial charge in [-0.05, 0) is 87.1 Å². The third-order valence-corrected chi connectivity index (χ3v) is 7.08. The molecule has 1 amide bonds. The number of imidazole rings is 1. The quantitative estimate of drug-likeness (QED) is 0.647. The second-order valence-corrected chi connectivity index (χ2v) is 9.44. The van der Waals surface area contributed by atoms with Crippen molar-refractivity contribution in [2.75, 3.05) is 31.2 Å². The largest absolute Gasteiger partial charge is 0.379 e. The number of anilines is 1. The molecule has 3 aromatic rings. The summed E-state index contributed by atoms with van der Waals surface area (Å²) in [6.07, 6.45) is 2.46. The zero-order chi connectivity index (χ0) is 23.1. The number of aromatic nitrogens is 2. The van der Waals surface area contributed by atoms with Gasteiger partial charge in [0.1, 0.15) is 5.82 Å². The summed E-state index contributed by atoms with van der Waals surface area (Å²) in [4.78, 5) is 20.0. The first-order valence-corrected chi connectivity index (χ1v) is 11.8. The van der Waals surface area contributed by atoms with E-state index in [1.54, 1.807) is 6.92 Å². The van der Waals surface area contributed by atoms with Crippen molar-refractivity contribution in [3.8, 4) is 5.69 Å². The highest BCUT2D eigenvalue weighted by molar-refractivity contribution is 5.83. The lowest BCUT2D eigenvalue weighted by Gasteiger charge is -2.33. The first-order chi connectivity index (χ1) is 15.9. The zero-order valence-corrected chi connectivity index (χ0v) is 19.5. The highest BCUT2D eigenvalue weighted by atomic mass is 19.1. The number of halogens is 1. The minimum absolute atomic E-state index is 0.0113. The Morgan fingerprint density at radius 3 is 2.52 bits per heavy atom. The maximum absolute atomic E-state index is 14.0. The van der Waals surface area contributed by atoms with Crippen molar-refractivity contribution < 1.29 is 13.9 Å². The number of hydrogen-bond acceptors (Lipinski definition) is 4. The van der Waals surface area contributed by atoms with Gasteiger partial charge < -0.3 is 15.0 Å². The van der Waals surface area contributed by atoms with Crippen molar-refractivity contribution in [2.24, 2.45) is 5.92 Å². The molecule has 1 aromatic heterocycles. The van der Waals surface area contributed by atoms with Crippen molar-refractivity contribution in [1.29, 1.82) is 0 Å². The molecule has 1 unspecified atom stereocenters. The standard InChI is InChI=1S/C26H31FN4O2/c1-16-13-23-24(14-17(16)2)31(21-4-5-22(27)18(3)12-21)26(29-23)30-9-6-19(7-10-30)25(32)28-20-8-11-33-15-20/h4-5,12-14,19-20H,6-11,15H2,1-3H3,(H,28,32). The van der Waals surface area contributed by atoms with Crippen LogP contribution < -0.4 is 10.2 Å². The maximum atomic E-state index is 14.0. The Labute approximate surface area is 193 Å². The van der Waals surface area contributed by atoms with E-state index >= 15 is 0 Å². The summed E-state index contributed by atoms with van der Waals surface area (Å²) in [6.45, 7) is 8.82. The highest BCUT2D eigenvalue weighted by Crippen LogP contribution is 2.32. The molecule has 2 aliphatic heterocycles. The molecule has 2 aliphatic rings. The number of aryl methyl sites for hydroxylation is 3. The van der Waals surface area contributed by atoms with E-state index in [0.29, 0.717) is 12.2 Å². The molecule has 0 saturated carbocycles. The molecule has 0 bridgehead atoms. The topological polar surface area (TPSA) is 59.4 Å². The lowest BCUT2D eigenvalue weighted by molar-refractivity contribution is -0.126. The predicted molar refractivity (Wildman–Crippen MR) is 128 cm³/mol. The van der Waals surface area contributed by atoms with E-state index in [-0.39, 0.29) is 23.7 Å². The fraction of sp³-hybridized carbons (Fsp3) is 0.462. The number of nitrogens with zero attached hydrogens (tertiary/aromatic N) is 3. The lowest BCUT2D eigenvalue weighted by atomic mass is 9.95. The number of carbonyl (C=O) groups excluding carboxylic acids is 1. The van der Waals surface area contributed by atoms with Crippen LogP contribution in [0.3, 0.4) is 0 Å². The summed E-state index contributed by atoms with van der Waals surface area (Å²) in [5.41, 5.74) is 5.84. The minimum atomic E-state index is -0.212. The Kier molecular flexibility index (Phi) is 5.83. The number of rotatable bonds is 4. The molecule has 1 N–H and O–H groups in total. The van der Waals surface area contributed by atoms with Gasteiger partial charge in [0.15, 0.2) is 0 Å². The van der Waals surface area contributed by atoms with Gasteiger partial charge in [0, 0.05) is 31.3 Å². The fourth-order valence-corrected chi connectivity index (χ4v) is 4.86. The smallest absolute Gasteiger partial charge is 0.223 e. The lowest BCUT2D eigenvalue weighted by Crippen LogP contribution is -2.44. The third-order valence-electron chi connectivity index (χ3n) is 7.08. The normalized spacial score (nSPS) is 19.4. The number of benzene rings is 2. The molecule has 6 nitrogen and oxygen atoms in total. The van der Waals surface area contributed by atoms with E-state index in [1.807, 2.05) is 12.1 Å². The Bertz CT molecular complexity index is 1190. The van der Waals surface area contributed by atoms with Gasteiger partial charge in [0.05, 0.1) is 23.7 Å². The van der Waals surface area contributed by atoms with Crippen LogP contribution in [0.15, 0.2) is 30.3 Å². The van der Waals surface area contributed by atoms with Crippen LogP contribution in [0.25, 0.3) is 16.7 Å². The summed E-state index contributed by atoms with van der Waals surface area (Å²) in [6, 6.07) is 9.62. The van der Waals surface area contributed by atoms with Crippen LogP contribution in [0, 0.1) is 32.5 Å². The van der Waals surface area contributed by atoms with Gasteiger partial charge >= 0.3 is 0 Å². The van der Waals surface area contributed by atoms with E-state index in [9.17, 15) is 9.18 Å². The van der Waals surface area contributed by atoms with Gasteiger partial charge in [-0.3, -0.25) is 9.36 Å².